The summed E-state index contributed by atoms with van der Waals surface area (Å²) in [6.45, 7) is 4.97. The molecule has 0 fully saturated rings. The highest BCUT2D eigenvalue weighted by atomic mass is 16.5. The van der Waals surface area contributed by atoms with Gasteiger partial charge in [0.05, 0.1) is 25.4 Å². The maximum atomic E-state index is 12.5. The molecule has 1 amide bonds. The minimum Gasteiger partial charge on any atom is -0.466 e. The third kappa shape index (κ3) is 54.0. The van der Waals surface area contributed by atoms with Gasteiger partial charge in [-0.1, -0.05) is 316 Å². The van der Waals surface area contributed by atoms with Gasteiger partial charge in [0.1, 0.15) is 0 Å². The number of hydrogen-bond acceptors (Lipinski definition) is 5. The fourth-order valence-electron chi connectivity index (χ4n) is 9.94. The summed E-state index contributed by atoms with van der Waals surface area (Å²) in [6.07, 6.45) is 66.7. The Morgan fingerprint density at radius 3 is 0.910 bits per heavy atom. The van der Waals surface area contributed by atoms with Crippen molar-refractivity contribution in [3.63, 3.8) is 0 Å². The predicted molar refractivity (Wildman–Crippen MR) is 292 cm³/mol. The molecule has 0 aliphatic carbocycles. The van der Waals surface area contributed by atoms with Crippen LogP contribution in [-0.2, 0) is 14.3 Å². The zero-order chi connectivity index (χ0) is 48.6. The number of aliphatic hydroxyl groups is 2. The first-order valence-electron chi connectivity index (χ1n) is 30.8. The molecule has 0 rings (SSSR count). The number of carbonyl (C=O) groups is 2. The summed E-state index contributed by atoms with van der Waals surface area (Å²) in [5, 5.41) is 23.4. The number of esters is 1. The van der Waals surface area contributed by atoms with E-state index in [0.29, 0.717) is 25.9 Å². The molecule has 0 aromatic rings. The lowest BCUT2D eigenvalue weighted by atomic mass is 10.0. The van der Waals surface area contributed by atoms with Crippen LogP contribution in [0, 0.1) is 0 Å². The van der Waals surface area contributed by atoms with E-state index >= 15 is 0 Å². The van der Waals surface area contributed by atoms with Gasteiger partial charge in [-0.3, -0.25) is 9.59 Å². The molecule has 0 spiro atoms. The molecule has 0 heterocycles. The highest BCUT2D eigenvalue weighted by molar-refractivity contribution is 5.76. The smallest absolute Gasteiger partial charge is 0.305 e. The molecule has 6 heteroatoms. The molecule has 6 nitrogen and oxygen atoms in total. The largest absolute Gasteiger partial charge is 0.466 e. The van der Waals surface area contributed by atoms with E-state index in [1.807, 2.05) is 0 Å². The Morgan fingerprint density at radius 2 is 0.612 bits per heavy atom. The molecule has 0 aromatic carbocycles. The number of unbranched alkanes of at least 4 members (excludes halogenated alkanes) is 47. The zero-order valence-electron chi connectivity index (χ0n) is 45.7. The summed E-state index contributed by atoms with van der Waals surface area (Å²) in [7, 11) is 0. The molecule has 0 aliphatic heterocycles. The molecule has 0 saturated carbocycles. The Bertz CT molecular complexity index is 959. The van der Waals surface area contributed by atoms with Crippen LogP contribution in [0.1, 0.15) is 354 Å². The molecule has 3 N–H and O–H groups in total. The normalized spacial score (nSPS) is 12.5. The van der Waals surface area contributed by atoms with Gasteiger partial charge in [-0.15, -0.1) is 0 Å². The van der Waals surface area contributed by atoms with E-state index < -0.39 is 12.1 Å². The quantitative estimate of drug-likeness (QED) is 0.0417. The van der Waals surface area contributed by atoms with Gasteiger partial charge < -0.3 is 20.3 Å². The topological polar surface area (TPSA) is 95.9 Å². The Hall–Kier alpha value is -1.14. The van der Waals surface area contributed by atoms with Crippen LogP contribution in [0.15, 0.2) is 0 Å². The Morgan fingerprint density at radius 1 is 0.358 bits per heavy atom. The summed E-state index contributed by atoms with van der Waals surface area (Å²) in [5.41, 5.74) is 0. The number of nitrogens with one attached hydrogen (secondary N) is 1. The maximum absolute atomic E-state index is 12.5. The average Bonchev–Trinajstić information content (AvgIpc) is 3.33. The van der Waals surface area contributed by atoms with Crippen molar-refractivity contribution in [2.24, 2.45) is 0 Å². The standard InChI is InChI=1S/C61H121NO5/c1-3-5-7-9-11-13-15-17-19-21-22-23-24-25-26-29-33-37-41-45-49-53-59(64)58(57-63)62-60(65)54-50-46-42-38-34-30-28-32-36-40-44-48-52-56-67-61(66)55-51-47-43-39-35-31-27-20-18-16-14-12-10-8-6-4-2/h58-59,63-64H,3-57H2,1-2H3,(H,62,65). The van der Waals surface area contributed by atoms with Crippen LogP contribution in [-0.4, -0.2) is 47.4 Å². The van der Waals surface area contributed by atoms with E-state index in [4.69, 9.17) is 4.74 Å². The van der Waals surface area contributed by atoms with Crippen LogP contribution in [0.25, 0.3) is 0 Å². The van der Waals surface area contributed by atoms with E-state index in [2.05, 4.69) is 19.2 Å². The Kier molecular flexibility index (Phi) is 56.5. The van der Waals surface area contributed by atoms with Gasteiger partial charge in [-0.05, 0) is 25.7 Å². The second-order valence-corrected chi connectivity index (χ2v) is 21.4. The lowest BCUT2D eigenvalue weighted by Gasteiger charge is -2.22. The maximum Gasteiger partial charge on any atom is 0.305 e. The number of rotatable bonds is 58. The summed E-state index contributed by atoms with van der Waals surface area (Å²) in [6, 6.07) is -0.550. The first-order valence-corrected chi connectivity index (χ1v) is 30.8. The molecule has 0 radical (unpaired) electrons. The highest BCUT2D eigenvalue weighted by Gasteiger charge is 2.20. The molecule has 2 atom stereocenters. The summed E-state index contributed by atoms with van der Waals surface area (Å²) >= 11 is 0. The zero-order valence-corrected chi connectivity index (χ0v) is 45.7. The van der Waals surface area contributed by atoms with Crippen LogP contribution in [0.5, 0.6) is 0 Å². The number of ether oxygens (including phenoxy) is 1. The molecule has 0 aliphatic rings. The molecule has 0 bridgehead atoms. The van der Waals surface area contributed by atoms with Crippen molar-refractivity contribution in [3.05, 3.63) is 0 Å². The average molecular weight is 949 g/mol. The van der Waals surface area contributed by atoms with Crippen LogP contribution in [0.3, 0.4) is 0 Å². The van der Waals surface area contributed by atoms with Gasteiger partial charge in [0.25, 0.3) is 0 Å². The number of aliphatic hydroxyl groups excluding tert-OH is 2. The first-order chi connectivity index (χ1) is 33.0. The molecular weight excluding hydrogens is 827 g/mol. The number of amides is 1. The van der Waals surface area contributed by atoms with E-state index in [9.17, 15) is 19.8 Å². The Balaban J connectivity index is 3.42. The fourth-order valence-corrected chi connectivity index (χ4v) is 9.94. The molecule has 400 valence electrons. The number of carbonyl (C=O) groups excluding carboxylic acids is 2. The fraction of sp³-hybridized carbons (Fsp3) is 0.967. The van der Waals surface area contributed by atoms with E-state index in [1.165, 1.54) is 270 Å². The van der Waals surface area contributed by atoms with Crippen molar-refractivity contribution in [2.75, 3.05) is 13.2 Å². The summed E-state index contributed by atoms with van der Waals surface area (Å²) in [4.78, 5) is 24.6. The second-order valence-electron chi connectivity index (χ2n) is 21.4. The van der Waals surface area contributed by atoms with E-state index in [0.717, 1.165) is 51.4 Å². The van der Waals surface area contributed by atoms with Crippen molar-refractivity contribution >= 4 is 11.9 Å². The molecule has 0 aromatic heterocycles. The monoisotopic (exact) mass is 948 g/mol. The lowest BCUT2D eigenvalue weighted by molar-refractivity contribution is -0.143. The van der Waals surface area contributed by atoms with Crippen LogP contribution < -0.4 is 5.32 Å². The third-order valence-corrected chi connectivity index (χ3v) is 14.7. The minimum atomic E-state index is -0.672. The molecule has 67 heavy (non-hydrogen) atoms. The minimum absolute atomic E-state index is 0.000414. The van der Waals surface area contributed by atoms with Crippen LogP contribution in [0.2, 0.25) is 0 Å². The Labute approximate surface area is 419 Å². The van der Waals surface area contributed by atoms with Crippen molar-refractivity contribution in [1.29, 1.82) is 0 Å². The SMILES string of the molecule is CCCCCCCCCCCCCCCCCCCCCCCC(O)C(CO)NC(=O)CCCCCCCCCCCCCCCOC(=O)CCCCCCCCCCCCCCCCCC. The second kappa shape index (κ2) is 57.4. The van der Waals surface area contributed by atoms with E-state index in [1.54, 1.807) is 0 Å². The van der Waals surface area contributed by atoms with Gasteiger partial charge >= 0.3 is 5.97 Å². The van der Waals surface area contributed by atoms with Crippen molar-refractivity contribution < 1.29 is 24.5 Å². The van der Waals surface area contributed by atoms with Gasteiger partial charge in [-0.25, -0.2) is 0 Å². The van der Waals surface area contributed by atoms with E-state index in [-0.39, 0.29) is 18.5 Å². The van der Waals surface area contributed by atoms with Gasteiger partial charge in [0, 0.05) is 12.8 Å². The van der Waals surface area contributed by atoms with Crippen LogP contribution in [0.4, 0.5) is 0 Å². The lowest BCUT2D eigenvalue weighted by Crippen LogP contribution is -2.45. The predicted octanol–water partition coefficient (Wildman–Crippen LogP) is 19.1. The number of hydrogen-bond donors (Lipinski definition) is 3. The molecule has 2 unspecified atom stereocenters. The molecule has 0 saturated heterocycles. The van der Waals surface area contributed by atoms with Crippen molar-refractivity contribution in [3.8, 4) is 0 Å². The van der Waals surface area contributed by atoms with Crippen molar-refractivity contribution in [1.82, 2.24) is 5.32 Å². The molecular formula is C61H121NO5. The van der Waals surface area contributed by atoms with Gasteiger partial charge in [0.15, 0.2) is 0 Å². The highest BCUT2D eigenvalue weighted by Crippen LogP contribution is 2.18. The van der Waals surface area contributed by atoms with Gasteiger partial charge in [-0.2, -0.15) is 0 Å². The first kappa shape index (κ1) is 65.9. The summed E-state index contributed by atoms with van der Waals surface area (Å²) in [5.74, 6) is -0.0433. The van der Waals surface area contributed by atoms with Crippen molar-refractivity contribution in [2.45, 2.75) is 366 Å². The van der Waals surface area contributed by atoms with Crippen LogP contribution >= 0.6 is 0 Å². The van der Waals surface area contributed by atoms with Gasteiger partial charge in [0.2, 0.25) is 5.91 Å². The third-order valence-electron chi connectivity index (χ3n) is 14.7. The summed E-state index contributed by atoms with van der Waals surface area (Å²) < 4.78 is 5.48.